The summed E-state index contributed by atoms with van der Waals surface area (Å²) in [5, 5.41) is 20.6. The van der Waals surface area contributed by atoms with E-state index in [-0.39, 0.29) is 6.42 Å². The summed E-state index contributed by atoms with van der Waals surface area (Å²) in [7, 11) is 6.00. The number of hydrogen-bond donors (Lipinski definition) is 3. The van der Waals surface area contributed by atoms with Crippen LogP contribution in [0.2, 0.25) is 0 Å². The summed E-state index contributed by atoms with van der Waals surface area (Å²) in [6, 6.07) is 7.79. The van der Waals surface area contributed by atoms with Gasteiger partial charge in [0.15, 0.2) is 5.56 Å². The van der Waals surface area contributed by atoms with Crippen LogP contribution in [0, 0.1) is 0 Å². The van der Waals surface area contributed by atoms with Gasteiger partial charge < -0.3 is 24.7 Å². The molecular weight excluding hydrogens is 358 g/mol. The van der Waals surface area contributed by atoms with Crippen molar-refractivity contribution in [3.8, 4) is 17.0 Å². The molecule has 0 aliphatic heterocycles. The maximum Gasteiger partial charge on any atom is 0.345 e. The standard InChI is InChI=1S/C21H23N3O4/c1-5-6-15-18(22-20(26)17(19(15)25)21(27)28)12-7-8-16-13(9-12)10-14(24(16)4)11-23(2)3/h5,7-10H,1,6,11H2,2-4H3,(H,27,28)(H2,22,25,26). The van der Waals surface area contributed by atoms with E-state index in [1.165, 1.54) is 0 Å². The van der Waals surface area contributed by atoms with Crippen molar-refractivity contribution in [1.29, 1.82) is 0 Å². The predicted molar refractivity (Wildman–Crippen MR) is 109 cm³/mol. The molecule has 0 radical (unpaired) electrons. The lowest BCUT2D eigenvalue weighted by molar-refractivity contribution is 0.0691. The molecule has 3 N–H and O–H groups in total. The summed E-state index contributed by atoms with van der Waals surface area (Å²) < 4.78 is 2.11. The zero-order valence-corrected chi connectivity index (χ0v) is 16.1. The molecule has 0 saturated carbocycles. The van der Waals surface area contributed by atoms with Crippen LogP contribution in [-0.4, -0.2) is 44.7 Å². The van der Waals surface area contributed by atoms with Gasteiger partial charge in [-0.15, -0.1) is 6.58 Å². The molecule has 0 saturated heterocycles. The Kier molecular flexibility index (Phi) is 5.11. The Balaban J connectivity index is 2.22. The average molecular weight is 381 g/mol. The minimum atomic E-state index is -1.47. The van der Waals surface area contributed by atoms with E-state index in [0.29, 0.717) is 16.8 Å². The molecule has 28 heavy (non-hydrogen) atoms. The first-order valence-electron chi connectivity index (χ1n) is 8.80. The van der Waals surface area contributed by atoms with Gasteiger partial charge in [-0.05, 0) is 44.3 Å². The van der Waals surface area contributed by atoms with Crippen molar-refractivity contribution >= 4 is 16.9 Å². The van der Waals surface area contributed by atoms with Gasteiger partial charge in [-0.1, -0.05) is 12.1 Å². The van der Waals surface area contributed by atoms with E-state index < -0.39 is 22.8 Å². The maximum absolute atomic E-state index is 12.2. The number of pyridine rings is 1. The third-order valence-electron chi connectivity index (χ3n) is 4.76. The first-order chi connectivity index (χ1) is 13.2. The van der Waals surface area contributed by atoms with Crippen molar-refractivity contribution in [3.63, 3.8) is 0 Å². The number of aromatic hydroxyl groups is 1. The number of fused-ring (bicyclic) bond motifs is 1. The Morgan fingerprint density at radius 1 is 1.32 bits per heavy atom. The molecule has 146 valence electrons. The number of carboxylic acid groups (broad SMARTS) is 1. The minimum absolute atomic E-state index is 0.219. The van der Waals surface area contributed by atoms with Crippen LogP contribution in [0.25, 0.3) is 22.2 Å². The monoisotopic (exact) mass is 381 g/mol. The fraction of sp³-hybridized carbons (Fsp3) is 0.238. The van der Waals surface area contributed by atoms with Crippen molar-refractivity contribution in [3.05, 3.63) is 64.1 Å². The topological polar surface area (TPSA) is 98.6 Å². The quantitative estimate of drug-likeness (QED) is 0.570. The number of aromatic carboxylic acids is 1. The first-order valence-corrected chi connectivity index (χ1v) is 8.80. The number of aromatic nitrogens is 2. The Labute approximate surface area is 162 Å². The lowest BCUT2D eigenvalue weighted by Crippen LogP contribution is -2.20. The second-order valence-electron chi connectivity index (χ2n) is 7.04. The minimum Gasteiger partial charge on any atom is -0.506 e. The molecule has 0 aliphatic rings. The van der Waals surface area contributed by atoms with Crippen LogP contribution in [0.3, 0.4) is 0 Å². The van der Waals surface area contributed by atoms with Crippen LogP contribution >= 0.6 is 0 Å². The van der Waals surface area contributed by atoms with Crippen LogP contribution in [0.15, 0.2) is 41.7 Å². The highest BCUT2D eigenvalue weighted by Crippen LogP contribution is 2.32. The molecule has 3 rings (SSSR count). The van der Waals surface area contributed by atoms with Gasteiger partial charge >= 0.3 is 5.97 Å². The Hall–Kier alpha value is -3.32. The van der Waals surface area contributed by atoms with Crippen molar-refractivity contribution in [1.82, 2.24) is 14.5 Å². The molecule has 0 unspecified atom stereocenters. The SMILES string of the molecule is C=CCc1c(-c2ccc3c(c2)cc(CN(C)C)n3C)[nH]c(=O)c(C(=O)O)c1O. The number of nitrogens with one attached hydrogen (secondary N) is 1. The van der Waals surface area contributed by atoms with Crippen LogP contribution in [0.1, 0.15) is 21.6 Å². The molecule has 1 aromatic carbocycles. The molecule has 0 fully saturated rings. The van der Waals surface area contributed by atoms with Crippen LogP contribution < -0.4 is 5.56 Å². The van der Waals surface area contributed by atoms with Crippen LogP contribution in [-0.2, 0) is 20.0 Å². The van der Waals surface area contributed by atoms with E-state index in [2.05, 4.69) is 27.1 Å². The fourth-order valence-electron chi connectivity index (χ4n) is 3.45. The number of rotatable bonds is 6. The molecule has 0 atom stereocenters. The number of H-pyrrole nitrogens is 1. The smallest absolute Gasteiger partial charge is 0.345 e. The summed E-state index contributed by atoms with van der Waals surface area (Å²) in [6.07, 6.45) is 1.77. The Morgan fingerprint density at radius 3 is 2.64 bits per heavy atom. The number of aryl methyl sites for hydroxylation is 1. The normalized spacial score (nSPS) is 11.3. The number of aromatic amines is 1. The van der Waals surface area contributed by atoms with Gasteiger partial charge in [0.05, 0.1) is 5.69 Å². The molecule has 0 spiro atoms. The first kappa shape index (κ1) is 19.4. The maximum atomic E-state index is 12.2. The number of hydrogen-bond acceptors (Lipinski definition) is 4. The third-order valence-corrected chi connectivity index (χ3v) is 4.76. The molecule has 2 heterocycles. The number of nitrogens with zero attached hydrogens (tertiary/aromatic N) is 2. The number of allylic oxidation sites excluding steroid dienone is 1. The van der Waals surface area contributed by atoms with E-state index in [4.69, 9.17) is 0 Å². The van der Waals surface area contributed by atoms with Gasteiger partial charge in [0.2, 0.25) is 0 Å². The number of benzene rings is 1. The molecule has 0 bridgehead atoms. The lowest BCUT2D eigenvalue weighted by atomic mass is 9.99. The van der Waals surface area contributed by atoms with E-state index in [9.17, 15) is 19.8 Å². The van der Waals surface area contributed by atoms with E-state index in [0.717, 1.165) is 23.1 Å². The van der Waals surface area contributed by atoms with Crippen molar-refractivity contribution in [2.45, 2.75) is 13.0 Å². The largest absolute Gasteiger partial charge is 0.506 e. The summed E-state index contributed by atoms with van der Waals surface area (Å²) in [5.41, 5.74) is 2.10. The predicted octanol–water partition coefficient (Wildman–Crippen LogP) is 2.73. The highest BCUT2D eigenvalue weighted by molar-refractivity contribution is 5.92. The van der Waals surface area contributed by atoms with Crippen molar-refractivity contribution in [2.24, 2.45) is 7.05 Å². The zero-order chi connectivity index (χ0) is 20.6. The summed E-state index contributed by atoms with van der Waals surface area (Å²) in [4.78, 5) is 28.3. The fourth-order valence-corrected chi connectivity index (χ4v) is 3.45. The number of carbonyl (C=O) groups is 1. The number of carboxylic acids is 1. The van der Waals surface area contributed by atoms with Gasteiger partial charge in [0.1, 0.15) is 5.75 Å². The van der Waals surface area contributed by atoms with Gasteiger partial charge in [-0.3, -0.25) is 4.79 Å². The summed E-state index contributed by atoms with van der Waals surface area (Å²) in [6.45, 7) is 4.45. The second-order valence-corrected chi connectivity index (χ2v) is 7.04. The van der Waals surface area contributed by atoms with Gasteiger partial charge in [0, 0.05) is 35.8 Å². The molecular formula is C21H23N3O4. The van der Waals surface area contributed by atoms with Crippen molar-refractivity contribution in [2.75, 3.05) is 14.1 Å². The molecule has 7 heteroatoms. The van der Waals surface area contributed by atoms with E-state index in [1.807, 2.05) is 39.3 Å². The Bertz CT molecular complexity index is 1140. The third kappa shape index (κ3) is 3.32. The molecule has 7 nitrogen and oxygen atoms in total. The van der Waals surface area contributed by atoms with Crippen LogP contribution in [0.4, 0.5) is 0 Å². The van der Waals surface area contributed by atoms with E-state index in [1.54, 1.807) is 6.08 Å². The zero-order valence-electron chi connectivity index (χ0n) is 16.1. The van der Waals surface area contributed by atoms with Gasteiger partial charge in [-0.2, -0.15) is 0 Å². The molecule has 2 aromatic heterocycles. The average Bonchev–Trinajstić information content (AvgIpc) is 2.91. The highest BCUT2D eigenvalue weighted by Gasteiger charge is 2.22. The van der Waals surface area contributed by atoms with Gasteiger partial charge in [-0.25, -0.2) is 4.79 Å². The summed E-state index contributed by atoms with van der Waals surface area (Å²) in [5.74, 6) is -1.99. The summed E-state index contributed by atoms with van der Waals surface area (Å²) >= 11 is 0. The van der Waals surface area contributed by atoms with Gasteiger partial charge in [0.25, 0.3) is 5.56 Å². The van der Waals surface area contributed by atoms with E-state index >= 15 is 0 Å². The highest BCUT2D eigenvalue weighted by atomic mass is 16.4. The molecule has 0 amide bonds. The Morgan fingerprint density at radius 2 is 2.04 bits per heavy atom. The molecule has 0 aliphatic carbocycles. The second kappa shape index (κ2) is 7.36. The molecule has 3 aromatic rings. The van der Waals surface area contributed by atoms with Crippen molar-refractivity contribution < 1.29 is 15.0 Å². The van der Waals surface area contributed by atoms with Crippen LogP contribution in [0.5, 0.6) is 5.75 Å². The lowest BCUT2D eigenvalue weighted by Gasteiger charge is -2.12.